The molecule has 0 aromatic carbocycles. The maximum absolute atomic E-state index is 11.3. The maximum atomic E-state index is 11.3. The van der Waals surface area contributed by atoms with Gasteiger partial charge in [-0.2, -0.15) is 0 Å². The minimum atomic E-state index is -0.523. The van der Waals surface area contributed by atoms with Gasteiger partial charge < -0.3 is 20.5 Å². The van der Waals surface area contributed by atoms with Crippen LogP contribution in [0.1, 0.15) is 27.2 Å². The summed E-state index contributed by atoms with van der Waals surface area (Å²) < 4.78 is 4.76. The number of ether oxygens (including phenoxy) is 1. The van der Waals surface area contributed by atoms with Gasteiger partial charge in [0.15, 0.2) is 0 Å². The van der Waals surface area contributed by atoms with E-state index in [1.54, 1.807) is 0 Å². The Morgan fingerprint density at radius 2 is 2.07 bits per heavy atom. The number of urea groups is 1. The van der Waals surface area contributed by atoms with Crippen LogP contribution in [0.2, 0.25) is 0 Å². The number of aliphatic hydroxyl groups is 1. The van der Waals surface area contributed by atoms with Crippen molar-refractivity contribution >= 4 is 6.03 Å². The van der Waals surface area contributed by atoms with Crippen molar-refractivity contribution in [3.8, 4) is 0 Å². The van der Waals surface area contributed by atoms with Gasteiger partial charge in [-0.25, -0.2) is 4.79 Å². The quantitative estimate of drug-likeness (QED) is 0.628. The molecule has 0 aromatic rings. The maximum Gasteiger partial charge on any atom is 0.315 e. The van der Waals surface area contributed by atoms with Crippen LogP contribution in [-0.2, 0) is 4.74 Å². The zero-order valence-corrected chi connectivity index (χ0v) is 9.96. The van der Waals surface area contributed by atoms with E-state index in [1.165, 1.54) is 7.11 Å². The number of hydrogen-bond donors (Lipinski definition) is 3. The molecular formula is C10H22N2O3. The third kappa shape index (κ3) is 9.49. The molecule has 90 valence electrons. The first-order valence-corrected chi connectivity index (χ1v) is 5.08. The molecule has 0 aliphatic rings. The van der Waals surface area contributed by atoms with E-state index in [0.29, 0.717) is 19.6 Å². The van der Waals surface area contributed by atoms with Gasteiger partial charge in [0.25, 0.3) is 0 Å². The Hall–Kier alpha value is -0.810. The highest BCUT2D eigenvalue weighted by molar-refractivity contribution is 5.74. The van der Waals surface area contributed by atoms with Crippen molar-refractivity contribution in [1.29, 1.82) is 0 Å². The average Bonchev–Trinajstić information content (AvgIpc) is 2.00. The largest absolute Gasteiger partial charge is 0.391 e. The van der Waals surface area contributed by atoms with Crippen LogP contribution in [0, 0.1) is 0 Å². The summed E-state index contributed by atoms with van der Waals surface area (Å²) in [5.74, 6) is 0. The molecular weight excluding hydrogens is 196 g/mol. The molecule has 0 aliphatic carbocycles. The van der Waals surface area contributed by atoms with Gasteiger partial charge in [0.2, 0.25) is 0 Å². The van der Waals surface area contributed by atoms with Crippen LogP contribution >= 0.6 is 0 Å². The third-order valence-corrected chi connectivity index (χ3v) is 1.61. The fourth-order valence-electron chi connectivity index (χ4n) is 1.01. The van der Waals surface area contributed by atoms with E-state index in [1.807, 2.05) is 20.8 Å². The van der Waals surface area contributed by atoms with Gasteiger partial charge in [0, 0.05) is 19.2 Å². The lowest BCUT2D eigenvalue weighted by Gasteiger charge is -2.21. The molecule has 1 atom stereocenters. The molecule has 0 saturated carbocycles. The highest BCUT2D eigenvalue weighted by atomic mass is 16.5. The minimum absolute atomic E-state index is 0.216. The zero-order valence-electron chi connectivity index (χ0n) is 9.96. The molecule has 2 amide bonds. The predicted octanol–water partition coefficient (Wildman–Crippen LogP) is 0.481. The van der Waals surface area contributed by atoms with Crippen LogP contribution in [0.15, 0.2) is 0 Å². The summed E-state index contributed by atoms with van der Waals surface area (Å²) in [6.45, 7) is 6.46. The van der Waals surface area contributed by atoms with Crippen molar-refractivity contribution in [3.63, 3.8) is 0 Å². The smallest absolute Gasteiger partial charge is 0.315 e. The first-order chi connectivity index (χ1) is 6.85. The second-order valence-corrected chi connectivity index (χ2v) is 4.53. The van der Waals surface area contributed by atoms with Crippen molar-refractivity contribution < 1.29 is 14.6 Å². The second-order valence-electron chi connectivity index (χ2n) is 4.53. The summed E-state index contributed by atoms with van der Waals surface area (Å²) in [4.78, 5) is 11.3. The molecule has 1 unspecified atom stereocenters. The van der Waals surface area contributed by atoms with Gasteiger partial charge in [-0.15, -0.1) is 0 Å². The summed E-state index contributed by atoms with van der Waals surface area (Å²) in [5, 5.41) is 14.7. The van der Waals surface area contributed by atoms with Crippen molar-refractivity contribution in [3.05, 3.63) is 0 Å². The van der Waals surface area contributed by atoms with Crippen LogP contribution < -0.4 is 10.6 Å². The van der Waals surface area contributed by atoms with E-state index in [0.717, 1.165) is 0 Å². The molecule has 0 saturated heterocycles. The number of amides is 2. The molecule has 5 heteroatoms. The SMILES string of the molecule is COCC(O)CCNC(=O)NC(C)(C)C. The number of carbonyl (C=O) groups excluding carboxylic acids is 1. The molecule has 0 heterocycles. The molecule has 3 N–H and O–H groups in total. The Balaban J connectivity index is 3.55. The third-order valence-electron chi connectivity index (χ3n) is 1.61. The van der Waals surface area contributed by atoms with Crippen molar-refractivity contribution in [2.75, 3.05) is 20.3 Å². The lowest BCUT2D eigenvalue weighted by atomic mass is 10.1. The van der Waals surface area contributed by atoms with E-state index in [2.05, 4.69) is 10.6 Å². The van der Waals surface area contributed by atoms with Crippen LogP contribution in [-0.4, -0.2) is 43.0 Å². The molecule has 15 heavy (non-hydrogen) atoms. The van der Waals surface area contributed by atoms with Crippen LogP contribution in [0.3, 0.4) is 0 Å². The summed E-state index contributed by atoms with van der Waals surface area (Å²) in [6.07, 6.45) is -0.0317. The van der Waals surface area contributed by atoms with E-state index >= 15 is 0 Å². The molecule has 0 aromatic heterocycles. The lowest BCUT2D eigenvalue weighted by Crippen LogP contribution is -2.47. The topological polar surface area (TPSA) is 70.6 Å². The van der Waals surface area contributed by atoms with Crippen molar-refractivity contribution in [1.82, 2.24) is 10.6 Å². The minimum Gasteiger partial charge on any atom is -0.391 e. The van der Waals surface area contributed by atoms with Gasteiger partial charge in [0.05, 0.1) is 12.7 Å². The number of methoxy groups -OCH3 is 1. The number of aliphatic hydroxyl groups excluding tert-OH is 1. The number of nitrogens with one attached hydrogen (secondary N) is 2. The summed E-state index contributed by atoms with van der Waals surface area (Å²) in [6, 6.07) is -0.216. The van der Waals surface area contributed by atoms with E-state index in [-0.39, 0.29) is 11.6 Å². The molecule has 0 bridgehead atoms. The monoisotopic (exact) mass is 218 g/mol. The first-order valence-electron chi connectivity index (χ1n) is 5.08. The van der Waals surface area contributed by atoms with Gasteiger partial charge >= 0.3 is 6.03 Å². The molecule has 0 fully saturated rings. The van der Waals surface area contributed by atoms with Crippen molar-refractivity contribution in [2.24, 2.45) is 0 Å². The highest BCUT2D eigenvalue weighted by Gasteiger charge is 2.13. The van der Waals surface area contributed by atoms with E-state index < -0.39 is 6.10 Å². The number of carbonyl (C=O) groups is 1. The summed E-state index contributed by atoms with van der Waals surface area (Å²) in [7, 11) is 1.53. The standard InChI is InChI=1S/C10H22N2O3/c1-10(2,3)12-9(14)11-6-5-8(13)7-15-4/h8,13H,5-7H2,1-4H3,(H2,11,12,14). The van der Waals surface area contributed by atoms with Gasteiger partial charge in [-0.3, -0.25) is 0 Å². The van der Waals surface area contributed by atoms with Crippen LogP contribution in [0.4, 0.5) is 4.79 Å². The molecule has 0 radical (unpaired) electrons. The number of rotatable bonds is 5. The zero-order chi connectivity index (χ0) is 11.9. The fourth-order valence-corrected chi connectivity index (χ4v) is 1.01. The summed E-state index contributed by atoms with van der Waals surface area (Å²) >= 11 is 0. The fraction of sp³-hybridized carbons (Fsp3) is 0.900. The molecule has 0 aliphatic heterocycles. The molecule has 0 spiro atoms. The van der Waals surface area contributed by atoms with Gasteiger partial charge in [0.1, 0.15) is 0 Å². The molecule has 5 nitrogen and oxygen atoms in total. The molecule has 0 rings (SSSR count). The van der Waals surface area contributed by atoms with Crippen molar-refractivity contribution in [2.45, 2.75) is 38.8 Å². The van der Waals surface area contributed by atoms with E-state index in [9.17, 15) is 9.90 Å². The van der Waals surface area contributed by atoms with Crippen LogP contribution in [0.5, 0.6) is 0 Å². The van der Waals surface area contributed by atoms with Gasteiger partial charge in [-0.05, 0) is 27.2 Å². The number of hydrogen-bond acceptors (Lipinski definition) is 3. The average molecular weight is 218 g/mol. The van der Waals surface area contributed by atoms with Gasteiger partial charge in [-0.1, -0.05) is 0 Å². The summed E-state index contributed by atoms with van der Waals surface area (Å²) in [5.41, 5.74) is -0.241. The van der Waals surface area contributed by atoms with Crippen LogP contribution in [0.25, 0.3) is 0 Å². The normalized spacial score (nSPS) is 13.4. The highest BCUT2D eigenvalue weighted by Crippen LogP contribution is 1.97. The van der Waals surface area contributed by atoms with E-state index in [4.69, 9.17) is 4.74 Å². The Bertz CT molecular complexity index is 190. The Kier molecular flexibility index (Phi) is 6.27. The lowest BCUT2D eigenvalue weighted by molar-refractivity contribution is 0.0598. The first kappa shape index (κ1) is 14.2. The Morgan fingerprint density at radius 3 is 2.53 bits per heavy atom. The Morgan fingerprint density at radius 1 is 1.47 bits per heavy atom. The Labute approximate surface area is 91.2 Å². The predicted molar refractivity (Wildman–Crippen MR) is 58.8 cm³/mol. The second kappa shape index (κ2) is 6.63.